The third-order valence-electron chi connectivity index (χ3n) is 3.19. The number of carboxylic acid groups (broad SMARTS) is 1. The average molecular weight is 327 g/mol. The molecule has 0 bridgehead atoms. The number of hydrogen-bond donors (Lipinski definition) is 3. The normalized spacial score (nSPS) is 19.6. The van der Waals surface area contributed by atoms with E-state index in [2.05, 4.69) is 22.6 Å². The van der Waals surface area contributed by atoms with Crippen molar-refractivity contribution in [1.29, 1.82) is 0 Å². The Kier molecular flexibility index (Phi) is 5.49. The van der Waals surface area contributed by atoms with E-state index in [4.69, 9.17) is 5.11 Å². The molecule has 1 aromatic heterocycles. The highest BCUT2D eigenvalue weighted by Gasteiger charge is 2.27. The summed E-state index contributed by atoms with van der Waals surface area (Å²) < 4.78 is 0. The number of pyridine rings is 1. The predicted molar refractivity (Wildman–Crippen MR) is 86.6 cm³/mol. The lowest BCUT2D eigenvalue weighted by Gasteiger charge is -2.24. The number of nitrogens with zero attached hydrogens (tertiary/aromatic N) is 3. The molecule has 0 aromatic carbocycles. The van der Waals surface area contributed by atoms with E-state index in [-0.39, 0.29) is 17.5 Å². The Morgan fingerprint density at radius 2 is 2.43 bits per heavy atom. The fourth-order valence-corrected chi connectivity index (χ4v) is 3.55. The van der Waals surface area contributed by atoms with E-state index >= 15 is 0 Å². The van der Waals surface area contributed by atoms with Gasteiger partial charge < -0.3 is 10.2 Å². The van der Waals surface area contributed by atoms with E-state index in [9.17, 15) is 9.90 Å². The number of rotatable bonds is 6. The van der Waals surface area contributed by atoms with Crippen molar-refractivity contribution >= 4 is 35.4 Å². The molecule has 0 saturated heterocycles. The van der Waals surface area contributed by atoms with Crippen LogP contribution in [0.4, 0.5) is 0 Å². The Balaban J connectivity index is 2.04. The first-order valence-electron chi connectivity index (χ1n) is 6.41. The van der Waals surface area contributed by atoms with Crippen LogP contribution >= 0.6 is 24.4 Å². The SMILES string of the molecule is CN(C[C@H]1CSC(c2ncccc2O)=N1)[C@H](CS)C(=O)O. The topological polar surface area (TPSA) is 86.0 Å². The highest BCUT2D eigenvalue weighted by atomic mass is 32.2. The molecule has 0 spiro atoms. The molecule has 0 fully saturated rings. The molecule has 2 heterocycles. The molecule has 1 aliphatic rings. The molecule has 8 heteroatoms. The van der Waals surface area contributed by atoms with Gasteiger partial charge in [-0.25, -0.2) is 0 Å². The third-order valence-corrected chi connectivity index (χ3v) is 4.66. The summed E-state index contributed by atoms with van der Waals surface area (Å²) in [5.41, 5.74) is 0.483. The molecule has 0 amide bonds. The van der Waals surface area contributed by atoms with Gasteiger partial charge in [-0.1, -0.05) is 0 Å². The first kappa shape index (κ1) is 16.1. The highest BCUT2D eigenvalue weighted by molar-refractivity contribution is 8.14. The third kappa shape index (κ3) is 3.90. The van der Waals surface area contributed by atoms with E-state index < -0.39 is 12.0 Å². The lowest BCUT2D eigenvalue weighted by Crippen LogP contribution is -2.43. The minimum absolute atomic E-state index is 0.0156. The standard InChI is InChI=1S/C13H17N3O3S2/c1-16(9(6-20)13(18)19)5-8-7-21-12(15-8)11-10(17)3-2-4-14-11/h2-4,8-9,17,20H,5-7H2,1H3,(H,18,19)/t8-,9+/m0/s1. The fourth-order valence-electron chi connectivity index (χ4n) is 2.07. The van der Waals surface area contributed by atoms with Gasteiger partial charge in [-0.3, -0.25) is 19.7 Å². The van der Waals surface area contributed by atoms with Crippen LogP contribution < -0.4 is 0 Å². The van der Waals surface area contributed by atoms with Crippen molar-refractivity contribution in [3.8, 4) is 5.75 Å². The second-order valence-corrected chi connectivity index (χ2v) is 6.12. The van der Waals surface area contributed by atoms with Gasteiger partial charge >= 0.3 is 5.97 Å². The van der Waals surface area contributed by atoms with Crippen LogP contribution in [0.1, 0.15) is 5.69 Å². The molecule has 0 unspecified atom stereocenters. The van der Waals surface area contributed by atoms with E-state index in [1.165, 1.54) is 11.8 Å². The van der Waals surface area contributed by atoms with Crippen LogP contribution in [0.25, 0.3) is 0 Å². The lowest BCUT2D eigenvalue weighted by atomic mass is 10.2. The van der Waals surface area contributed by atoms with Gasteiger partial charge in [0.25, 0.3) is 0 Å². The van der Waals surface area contributed by atoms with Gasteiger partial charge in [-0.15, -0.1) is 11.8 Å². The number of aromatic hydroxyl groups is 1. The van der Waals surface area contributed by atoms with Crippen LogP contribution in [-0.4, -0.2) is 68.3 Å². The summed E-state index contributed by atoms with van der Waals surface area (Å²) in [7, 11) is 1.76. The Morgan fingerprint density at radius 3 is 3.05 bits per heavy atom. The molecule has 1 aromatic rings. The zero-order valence-electron chi connectivity index (χ0n) is 11.5. The van der Waals surface area contributed by atoms with E-state index in [0.29, 0.717) is 17.3 Å². The minimum Gasteiger partial charge on any atom is -0.506 e. The Bertz CT molecular complexity index is 553. The monoisotopic (exact) mass is 327 g/mol. The molecule has 0 aliphatic carbocycles. The summed E-state index contributed by atoms with van der Waals surface area (Å²) in [4.78, 5) is 21.5. The van der Waals surface area contributed by atoms with Crippen molar-refractivity contribution in [1.82, 2.24) is 9.88 Å². The average Bonchev–Trinajstić information content (AvgIpc) is 2.87. The summed E-state index contributed by atoms with van der Waals surface area (Å²) in [6.07, 6.45) is 1.61. The molecule has 0 radical (unpaired) electrons. The number of aromatic nitrogens is 1. The highest BCUT2D eigenvalue weighted by Crippen LogP contribution is 2.27. The maximum atomic E-state index is 11.1. The first-order chi connectivity index (χ1) is 10.0. The largest absolute Gasteiger partial charge is 0.506 e. The van der Waals surface area contributed by atoms with Gasteiger partial charge in [-0.2, -0.15) is 12.6 Å². The van der Waals surface area contributed by atoms with Gasteiger partial charge in [0.15, 0.2) is 0 Å². The molecule has 114 valence electrons. The number of aliphatic carboxylic acids is 1. The van der Waals surface area contributed by atoms with Gasteiger partial charge in [0.2, 0.25) is 0 Å². The van der Waals surface area contributed by atoms with Crippen LogP contribution in [0.15, 0.2) is 23.3 Å². The molecular weight excluding hydrogens is 310 g/mol. The van der Waals surface area contributed by atoms with E-state index in [0.717, 1.165) is 5.75 Å². The summed E-state index contributed by atoms with van der Waals surface area (Å²) in [5.74, 6) is 0.221. The molecule has 0 saturated carbocycles. The van der Waals surface area contributed by atoms with Crippen LogP contribution in [0.3, 0.4) is 0 Å². The quantitative estimate of drug-likeness (QED) is 0.675. The van der Waals surface area contributed by atoms with Crippen molar-refractivity contribution in [3.63, 3.8) is 0 Å². The molecule has 1 aliphatic heterocycles. The minimum atomic E-state index is -0.885. The maximum absolute atomic E-state index is 11.1. The lowest BCUT2D eigenvalue weighted by molar-refractivity contribution is -0.141. The zero-order valence-corrected chi connectivity index (χ0v) is 13.2. The molecule has 2 atom stereocenters. The number of carbonyl (C=O) groups is 1. The molecule has 2 rings (SSSR count). The van der Waals surface area contributed by atoms with Crippen molar-refractivity contribution in [2.24, 2.45) is 4.99 Å². The van der Waals surface area contributed by atoms with Crippen molar-refractivity contribution in [3.05, 3.63) is 24.0 Å². The van der Waals surface area contributed by atoms with Crippen LogP contribution in [-0.2, 0) is 4.79 Å². The first-order valence-corrected chi connectivity index (χ1v) is 8.03. The zero-order chi connectivity index (χ0) is 15.4. The molecular formula is C13H17N3O3S2. The van der Waals surface area contributed by atoms with Crippen molar-refractivity contribution in [2.45, 2.75) is 12.1 Å². The van der Waals surface area contributed by atoms with Crippen molar-refractivity contribution in [2.75, 3.05) is 25.1 Å². The van der Waals surface area contributed by atoms with Gasteiger partial charge in [0.05, 0.1) is 6.04 Å². The maximum Gasteiger partial charge on any atom is 0.321 e. The van der Waals surface area contributed by atoms with Crippen molar-refractivity contribution < 1.29 is 15.0 Å². The Hall–Kier alpha value is -1.25. The molecule has 21 heavy (non-hydrogen) atoms. The smallest absolute Gasteiger partial charge is 0.321 e. The Morgan fingerprint density at radius 1 is 1.67 bits per heavy atom. The van der Waals surface area contributed by atoms with Gasteiger partial charge in [0, 0.05) is 24.2 Å². The number of aliphatic imine (C=N–C) groups is 1. The number of likely N-dealkylation sites (N-methyl/N-ethyl adjacent to an activating group) is 1. The van der Waals surface area contributed by atoms with Crippen LogP contribution in [0.2, 0.25) is 0 Å². The van der Waals surface area contributed by atoms with Gasteiger partial charge in [0.1, 0.15) is 22.5 Å². The van der Waals surface area contributed by atoms with E-state index in [1.54, 1.807) is 30.3 Å². The number of carboxylic acids is 1. The fraction of sp³-hybridized carbons (Fsp3) is 0.462. The number of thiol groups is 1. The molecule has 6 nitrogen and oxygen atoms in total. The summed E-state index contributed by atoms with van der Waals surface area (Å²) in [6, 6.07) is 2.60. The van der Waals surface area contributed by atoms with Crippen LogP contribution in [0, 0.1) is 0 Å². The number of hydrogen-bond acceptors (Lipinski definition) is 7. The molecule has 2 N–H and O–H groups in total. The Labute approximate surface area is 132 Å². The second-order valence-electron chi connectivity index (χ2n) is 4.75. The summed E-state index contributed by atoms with van der Waals surface area (Å²) >= 11 is 5.59. The summed E-state index contributed by atoms with van der Waals surface area (Å²) in [6.45, 7) is 0.529. The summed E-state index contributed by atoms with van der Waals surface area (Å²) in [5, 5.41) is 19.6. The second kappa shape index (κ2) is 7.15. The number of thioether (sulfide) groups is 1. The van der Waals surface area contributed by atoms with Crippen LogP contribution in [0.5, 0.6) is 5.75 Å². The van der Waals surface area contributed by atoms with Gasteiger partial charge in [-0.05, 0) is 19.2 Å². The predicted octanol–water partition coefficient (Wildman–Crippen LogP) is 0.964. The van der Waals surface area contributed by atoms with E-state index in [1.807, 2.05) is 0 Å².